The third-order valence-electron chi connectivity index (χ3n) is 5.30. The van der Waals surface area contributed by atoms with Crippen molar-refractivity contribution in [3.63, 3.8) is 0 Å². The van der Waals surface area contributed by atoms with Gasteiger partial charge in [-0.1, -0.05) is 0 Å². The lowest BCUT2D eigenvalue weighted by molar-refractivity contribution is -0.0397. The van der Waals surface area contributed by atoms with Crippen molar-refractivity contribution in [1.29, 1.82) is 0 Å². The van der Waals surface area contributed by atoms with Crippen LogP contribution in [0, 0.1) is 5.82 Å². The Bertz CT molecular complexity index is 799. The number of carbonyl (C=O) groups excluding carboxylic acids is 1. The van der Waals surface area contributed by atoms with Gasteiger partial charge in [-0.3, -0.25) is 4.79 Å². The number of ether oxygens (including phenoxy) is 2. The molecule has 4 heterocycles. The monoisotopic (exact) mass is 359 g/mol. The standard InChI is InChI=1S/C19H22FN3O3/c1-22-9-3-5-16(22)18(24)23-10-6-19(7-11-23)12-14(13-25-19)26-17-15(20)4-2-8-21-17/h2-5,8-9,14H,6-7,10-13H2,1H3/t14-/m0/s1. The first-order valence-corrected chi connectivity index (χ1v) is 8.88. The molecule has 2 fully saturated rings. The molecule has 1 spiro atoms. The highest BCUT2D eigenvalue weighted by atomic mass is 19.1. The van der Waals surface area contributed by atoms with Crippen LogP contribution in [0.3, 0.4) is 0 Å². The Balaban J connectivity index is 1.35. The summed E-state index contributed by atoms with van der Waals surface area (Å²) in [5, 5.41) is 0. The van der Waals surface area contributed by atoms with E-state index in [0.717, 1.165) is 12.8 Å². The fourth-order valence-corrected chi connectivity index (χ4v) is 3.81. The van der Waals surface area contributed by atoms with E-state index in [1.54, 1.807) is 0 Å². The van der Waals surface area contributed by atoms with E-state index in [4.69, 9.17) is 9.47 Å². The normalized spacial score (nSPS) is 21.9. The maximum absolute atomic E-state index is 13.7. The van der Waals surface area contributed by atoms with Crippen molar-refractivity contribution in [3.05, 3.63) is 48.2 Å². The van der Waals surface area contributed by atoms with E-state index in [9.17, 15) is 9.18 Å². The number of hydrogen-bond donors (Lipinski definition) is 0. The number of pyridine rings is 1. The molecule has 7 heteroatoms. The van der Waals surface area contributed by atoms with Crippen molar-refractivity contribution in [2.45, 2.75) is 31.0 Å². The molecule has 0 unspecified atom stereocenters. The minimum absolute atomic E-state index is 0.0227. The predicted octanol–water partition coefficient (Wildman–Crippen LogP) is 2.40. The number of nitrogens with zero attached hydrogens (tertiary/aromatic N) is 3. The topological polar surface area (TPSA) is 56.6 Å². The highest BCUT2D eigenvalue weighted by Crippen LogP contribution is 2.37. The van der Waals surface area contributed by atoms with Gasteiger partial charge in [-0.25, -0.2) is 9.37 Å². The Morgan fingerprint density at radius 3 is 2.85 bits per heavy atom. The van der Waals surface area contributed by atoms with Gasteiger partial charge in [0.2, 0.25) is 0 Å². The van der Waals surface area contributed by atoms with Gasteiger partial charge in [0.05, 0.1) is 12.2 Å². The molecule has 2 aliphatic rings. The summed E-state index contributed by atoms with van der Waals surface area (Å²) in [6.07, 6.45) is 5.38. The van der Waals surface area contributed by atoms with Crippen LogP contribution in [0.2, 0.25) is 0 Å². The number of rotatable bonds is 3. The van der Waals surface area contributed by atoms with Crippen molar-refractivity contribution in [1.82, 2.24) is 14.5 Å². The first-order chi connectivity index (χ1) is 12.6. The van der Waals surface area contributed by atoms with Crippen LogP contribution in [-0.4, -0.2) is 51.8 Å². The van der Waals surface area contributed by atoms with E-state index in [-0.39, 0.29) is 23.5 Å². The van der Waals surface area contributed by atoms with Crippen LogP contribution in [0.1, 0.15) is 29.8 Å². The van der Waals surface area contributed by atoms with E-state index in [1.165, 1.54) is 18.3 Å². The summed E-state index contributed by atoms with van der Waals surface area (Å²) in [5.41, 5.74) is 0.404. The van der Waals surface area contributed by atoms with Crippen molar-refractivity contribution in [2.24, 2.45) is 7.05 Å². The van der Waals surface area contributed by atoms with Gasteiger partial charge in [-0.05, 0) is 37.1 Å². The smallest absolute Gasteiger partial charge is 0.270 e. The molecule has 0 N–H and O–H groups in total. The Kier molecular flexibility index (Phi) is 4.40. The van der Waals surface area contributed by atoms with Gasteiger partial charge in [-0.15, -0.1) is 0 Å². The lowest BCUT2D eigenvalue weighted by Crippen LogP contribution is -2.47. The van der Waals surface area contributed by atoms with Crippen LogP contribution in [-0.2, 0) is 11.8 Å². The van der Waals surface area contributed by atoms with E-state index < -0.39 is 5.82 Å². The first kappa shape index (κ1) is 17.0. The Labute approximate surface area is 151 Å². The fraction of sp³-hybridized carbons (Fsp3) is 0.474. The van der Waals surface area contributed by atoms with Crippen LogP contribution in [0.25, 0.3) is 0 Å². The summed E-state index contributed by atoms with van der Waals surface area (Å²) < 4.78 is 27.3. The second-order valence-corrected chi connectivity index (χ2v) is 7.02. The lowest BCUT2D eigenvalue weighted by Gasteiger charge is -2.38. The van der Waals surface area contributed by atoms with Gasteiger partial charge in [-0.2, -0.15) is 0 Å². The van der Waals surface area contributed by atoms with E-state index in [0.29, 0.717) is 31.8 Å². The van der Waals surface area contributed by atoms with Gasteiger partial charge in [0.15, 0.2) is 5.82 Å². The second-order valence-electron chi connectivity index (χ2n) is 7.02. The molecule has 2 aromatic heterocycles. The fourth-order valence-electron chi connectivity index (χ4n) is 3.81. The van der Waals surface area contributed by atoms with Crippen LogP contribution in [0.5, 0.6) is 5.88 Å². The summed E-state index contributed by atoms with van der Waals surface area (Å²) in [6, 6.07) is 6.58. The average molecular weight is 359 g/mol. The number of aromatic nitrogens is 2. The summed E-state index contributed by atoms with van der Waals surface area (Å²) in [5.74, 6) is -0.389. The molecule has 2 aromatic rings. The number of piperidine rings is 1. The number of halogens is 1. The lowest BCUT2D eigenvalue weighted by atomic mass is 9.88. The summed E-state index contributed by atoms with van der Waals surface area (Å²) >= 11 is 0. The molecule has 4 rings (SSSR count). The van der Waals surface area contributed by atoms with E-state index in [2.05, 4.69) is 4.98 Å². The molecule has 0 bridgehead atoms. The van der Waals surface area contributed by atoms with Crippen molar-refractivity contribution in [3.8, 4) is 5.88 Å². The van der Waals surface area contributed by atoms with Crippen LogP contribution in [0.4, 0.5) is 4.39 Å². The Morgan fingerprint density at radius 2 is 2.15 bits per heavy atom. The SMILES string of the molecule is Cn1cccc1C(=O)N1CCC2(CC1)C[C@H](Oc1ncccc1F)CO2. The molecule has 1 atom stereocenters. The van der Waals surface area contributed by atoms with Crippen LogP contribution >= 0.6 is 0 Å². The molecule has 138 valence electrons. The van der Waals surface area contributed by atoms with Gasteiger partial charge < -0.3 is 18.9 Å². The minimum atomic E-state index is -0.462. The minimum Gasteiger partial charge on any atom is -0.470 e. The highest BCUT2D eigenvalue weighted by Gasteiger charge is 2.44. The van der Waals surface area contributed by atoms with Crippen LogP contribution in [0.15, 0.2) is 36.7 Å². The van der Waals surface area contributed by atoms with E-state index in [1.807, 2.05) is 34.8 Å². The number of aryl methyl sites for hydroxylation is 1. The van der Waals surface area contributed by atoms with E-state index >= 15 is 0 Å². The third-order valence-corrected chi connectivity index (χ3v) is 5.30. The maximum Gasteiger partial charge on any atom is 0.270 e. The summed E-state index contributed by atoms with van der Waals surface area (Å²) in [4.78, 5) is 18.4. The van der Waals surface area contributed by atoms with Crippen molar-refractivity contribution in [2.75, 3.05) is 19.7 Å². The number of likely N-dealkylation sites (tertiary alicyclic amines) is 1. The van der Waals surface area contributed by atoms with Crippen molar-refractivity contribution >= 4 is 5.91 Å². The molecule has 0 saturated carbocycles. The third kappa shape index (κ3) is 3.19. The zero-order valence-electron chi connectivity index (χ0n) is 14.7. The van der Waals surface area contributed by atoms with Crippen molar-refractivity contribution < 1.29 is 18.7 Å². The molecule has 26 heavy (non-hydrogen) atoms. The number of carbonyl (C=O) groups is 1. The zero-order chi connectivity index (χ0) is 18.1. The molecular formula is C19H22FN3O3. The molecule has 2 aliphatic heterocycles. The average Bonchev–Trinajstić information content (AvgIpc) is 3.24. The summed E-state index contributed by atoms with van der Waals surface area (Å²) in [6.45, 7) is 1.71. The van der Waals surface area contributed by atoms with Gasteiger partial charge in [0.25, 0.3) is 11.8 Å². The number of hydrogen-bond acceptors (Lipinski definition) is 4. The van der Waals surface area contributed by atoms with Gasteiger partial charge >= 0.3 is 0 Å². The zero-order valence-corrected chi connectivity index (χ0v) is 14.7. The molecule has 2 saturated heterocycles. The first-order valence-electron chi connectivity index (χ1n) is 8.88. The Hall–Kier alpha value is -2.41. The molecule has 6 nitrogen and oxygen atoms in total. The van der Waals surface area contributed by atoms with Gasteiger partial charge in [0, 0.05) is 39.0 Å². The second kappa shape index (κ2) is 6.72. The van der Waals surface area contributed by atoms with Crippen LogP contribution < -0.4 is 4.74 Å². The molecular weight excluding hydrogens is 337 g/mol. The predicted molar refractivity (Wildman–Crippen MR) is 92.5 cm³/mol. The molecule has 1 amide bonds. The Morgan fingerprint density at radius 1 is 1.35 bits per heavy atom. The molecule has 0 aliphatic carbocycles. The highest BCUT2D eigenvalue weighted by molar-refractivity contribution is 5.92. The largest absolute Gasteiger partial charge is 0.470 e. The molecule has 0 radical (unpaired) electrons. The summed E-state index contributed by atoms with van der Waals surface area (Å²) in [7, 11) is 1.87. The molecule has 0 aromatic carbocycles. The van der Waals surface area contributed by atoms with Gasteiger partial charge in [0.1, 0.15) is 11.8 Å². The number of amides is 1. The maximum atomic E-state index is 13.7. The quantitative estimate of drug-likeness (QED) is 0.844.